The zero-order chi connectivity index (χ0) is 15.9. The Kier molecular flexibility index (Phi) is 7.59. The van der Waals surface area contributed by atoms with Gasteiger partial charge in [0.2, 0.25) is 5.91 Å². The van der Waals surface area contributed by atoms with E-state index in [2.05, 4.69) is 5.32 Å². The number of hydrogen-bond acceptors (Lipinski definition) is 3. The lowest BCUT2D eigenvalue weighted by Crippen LogP contribution is -2.36. The second kappa shape index (κ2) is 9.18. The quantitative estimate of drug-likeness (QED) is 0.853. The number of halogens is 1. The number of amides is 1. The van der Waals surface area contributed by atoms with Crippen molar-refractivity contribution in [2.75, 3.05) is 13.7 Å². The Morgan fingerprint density at radius 2 is 1.74 bits per heavy atom. The van der Waals surface area contributed by atoms with Crippen LogP contribution in [-0.4, -0.2) is 19.6 Å². The van der Waals surface area contributed by atoms with Crippen LogP contribution in [0.3, 0.4) is 0 Å². The van der Waals surface area contributed by atoms with Gasteiger partial charge in [-0.15, -0.1) is 12.4 Å². The lowest BCUT2D eigenvalue weighted by molar-refractivity contribution is -0.124. The van der Waals surface area contributed by atoms with Crippen molar-refractivity contribution < 1.29 is 9.53 Å². The van der Waals surface area contributed by atoms with Crippen LogP contribution >= 0.6 is 12.4 Å². The topological polar surface area (TPSA) is 64.3 Å². The van der Waals surface area contributed by atoms with Crippen molar-refractivity contribution >= 4 is 18.3 Å². The molecule has 0 radical (unpaired) electrons. The van der Waals surface area contributed by atoms with Gasteiger partial charge >= 0.3 is 0 Å². The fraction of sp³-hybridized carbons (Fsp3) is 0.278. The number of carbonyl (C=O) groups excluding carboxylic acids is 1. The second-order valence-electron chi connectivity index (χ2n) is 5.23. The minimum Gasteiger partial charge on any atom is -0.496 e. The highest BCUT2D eigenvalue weighted by Crippen LogP contribution is 2.30. The third kappa shape index (κ3) is 4.71. The van der Waals surface area contributed by atoms with E-state index in [4.69, 9.17) is 10.5 Å². The first-order valence-corrected chi connectivity index (χ1v) is 7.35. The summed E-state index contributed by atoms with van der Waals surface area (Å²) in [6.45, 7) is 2.14. The molecule has 0 spiro atoms. The molecule has 0 bridgehead atoms. The van der Waals surface area contributed by atoms with Crippen LogP contribution in [0.4, 0.5) is 0 Å². The maximum absolute atomic E-state index is 12.3. The predicted molar refractivity (Wildman–Crippen MR) is 94.9 cm³/mol. The molecule has 2 aromatic carbocycles. The van der Waals surface area contributed by atoms with E-state index >= 15 is 0 Å². The Balaban J connectivity index is 0.00000264. The summed E-state index contributed by atoms with van der Waals surface area (Å²) in [5.74, 6) is 0.445. The summed E-state index contributed by atoms with van der Waals surface area (Å²) in [6.07, 6.45) is 0. The van der Waals surface area contributed by atoms with Crippen LogP contribution in [0, 0.1) is 5.92 Å². The fourth-order valence-electron chi connectivity index (χ4n) is 2.28. The Morgan fingerprint density at radius 3 is 2.35 bits per heavy atom. The summed E-state index contributed by atoms with van der Waals surface area (Å²) >= 11 is 0. The number of hydrogen-bond donors (Lipinski definition) is 2. The van der Waals surface area contributed by atoms with Crippen molar-refractivity contribution in [3.63, 3.8) is 0 Å². The van der Waals surface area contributed by atoms with Gasteiger partial charge in [0.15, 0.2) is 0 Å². The molecule has 2 aromatic rings. The molecule has 0 aliphatic carbocycles. The standard InChI is InChI=1S/C18H22N2O2.ClH/c1-13(12-19)18(21)20-17(14-8-4-3-5-9-14)15-10-6-7-11-16(15)22-2;/h3-11,13,17H,12,19H2,1-2H3,(H,20,21);1H. The zero-order valence-electron chi connectivity index (χ0n) is 13.4. The summed E-state index contributed by atoms with van der Waals surface area (Å²) in [5, 5.41) is 3.08. The van der Waals surface area contributed by atoms with Crippen LogP contribution in [0.1, 0.15) is 24.1 Å². The SMILES string of the molecule is COc1ccccc1C(NC(=O)C(C)CN)c1ccccc1.Cl. The monoisotopic (exact) mass is 334 g/mol. The molecule has 0 heterocycles. The van der Waals surface area contributed by atoms with Crippen LogP contribution in [-0.2, 0) is 4.79 Å². The van der Waals surface area contributed by atoms with Gasteiger partial charge < -0.3 is 15.8 Å². The molecule has 0 fully saturated rings. The Bertz CT molecular complexity index is 619. The van der Waals surface area contributed by atoms with E-state index in [1.807, 2.05) is 61.5 Å². The number of rotatable bonds is 6. The highest BCUT2D eigenvalue weighted by molar-refractivity contribution is 5.85. The van der Waals surface area contributed by atoms with Gasteiger partial charge in [0, 0.05) is 18.0 Å². The van der Waals surface area contributed by atoms with Crippen molar-refractivity contribution in [3.05, 3.63) is 65.7 Å². The van der Waals surface area contributed by atoms with Gasteiger partial charge in [0.05, 0.1) is 13.2 Å². The molecule has 2 rings (SSSR count). The van der Waals surface area contributed by atoms with Crippen molar-refractivity contribution in [2.45, 2.75) is 13.0 Å². The van der Waals surface area contributed by atoms with E-state index in [0.717, 1.165) is 16.9 Å². The lowest BCUT2D eigenvalue weighted by Gasteiger charge is -2.23. The largest absolute Gasteiger partial charge is 0.496 e. The molecule has 2 atom stereocenters. The first-order chi connectivity index (χ1) is 10.7. The van der Waals surface area contributed by atoms with E-state index in [0.29, 0.717) is 6.54 Å². The Labute approximate surface area is 143 Å². The highest BCUT2D eigenvalue weighted by atomic mass is 35.5. The normalized spacial score (nSPS) is 12.7. The van der Waals surface area contributed by atoms with Gasteiger partial charge in [-0.25, -0.2) is 0 Å². The number of methoxy groups -OCH3 is 1. The molecule has 3 N–H and O–H groups in total. The molecule has 0 aromatic heterocycles. The number of carbonyl (C=O) groups is 1. The third-order valence-corrected chi connectivity index (χ3v) is 3.67. The molecule has 23 heavy (non-hydrogen) atoms. The summed E-state index contributed by atoms with van der Waals surface area (Å²) in [4.78, 5) is 12.3. The maximum Gasteiger partial charge on any atom is 0.224 e. The van der Waals surface area contributed by atoms with Gasteiger partial charge in [-0.05, 0) is 11.6 Å². The second-order valence-corrected chi connectivity index (χ2v) is 5.23. The maximum atomic E-state index is 12.3. The van der Waals surface area contributed by atoms with Crippen LogP contribution in [0.5, 0.6) is 5.75 Å². The van der Waals surface area contributed by atoms with E-state index in [1.165, 1.54) is 0 Å². The Hall–Kier alpha value is -2.04. The fourth-order valence-corrected chi connectivity index (χ4v) is 2.28. The summed E-state index contributed by atoms with van der Waals surface area (Å²) < 4.78 is 5.44. The van der Waals surface area contributed by atoms with Crippen LogP contribution < -0.4 is 15.8 Å². The molecule has 1 amide bonds. The summed E-state index contributed by atoms with van der Waals surface area (Å²) in [7, 11) is 1.63. The minimum absolute atomic E-state index is 0. The summed E-state index contributed by atoms with van der Waals surface area (Å²) in [5.41, 5.74) is 7.53. The van der Waals surface area contributed by atoms with Gasteiger partial charge in [-0.3, -0.25) is 4.79 Å². The molecule has 0 saturated carbocycles. The predicted octanol–water partition coefficient (Wildman–Crippen LogP) is 2.92. The summed E-state index contributed by atoms with van der Waals surface area (Å²) in [6, 6.07) is 17.3. The molecule has 2 unspecified atom stereocenters. The van der Waals surface area contributed by atoms with Gasteiger partial charge in [0.1, 0.15) is 5.75 Å². The van der Waals surface area contributed by atoms with Gasteiger partial charge in [-0.1, -0.05) is 55.5 Å². The number of para-hydroxylation sites is 1. The van der Waals surface area contributed by atoms with Gasteiger partial charge in [-0.2, -0.15) is 0 Å². The first-order valence-electron chi connectivity index (χ1n) is 7.35. The van der Waals surface area contributed by atoms with Crippen LogP contribution in [0.2, 0.25) is 0 Å². The molecule has 0 aliphatic heterocycles. The Morgan fingerprint density at radius 1 is 1.13 bits per heavy atom. The third-order valence-electron chi connectivity index (χ3n) is 3.67. The van der Waals surface area contributed by atoms with E-state index in [1.54, 1.807) is 7.11 Å². The van der Waals surface area contributed by atoms with Crippen LogP contribution in [0.25, 0.3) is 0 Å². The molecule has 0 saturated heterocycles. The molecule has 0 aliphatic rings. The van der Waals surface area contributed by atoms with E-state index in [9.17, 15) is 4.79 Å². The number of ether oxygens (including phenoxy) is 1. The average Bonchev–Trinajstić information content (AvgIpc) is 2.59. The minimum atomic E-state index is -0.265. The van der Waals surface area contributed by atoms with E-state index < -0.39 is 0 Å². The van der Waals surface area contributed by atoms with Crippen LogP contribution in [0.15, 0.2) is 54.6 Å². The first kappa shape index (κ1) is 19.0. The molecular formula is C18H23ClN2O2. The van der Waals surface area contributed by atoms with Crippen molar-refractivity contribution in [1.82, 2.24) is 5.32 Å². The number of nitrogens with two attached hydrogens (primary N) is 1. The lowest BCUT2D eigenvalue weighted by atomic mass is 9.97. The molecule has 124 valence electrons. The van der Waals surface area contributed by atoms with Crippen molar-refractivity contribution in [3.8, 4) is 5.75 Å². The smallest absolute Gasteiger partial charge is 0.224 e. The van der Waals surface area contributed by atoms with Crippen molar-refractivity contribution in [2.24, 2.45) is 11.7 Å². The van der Waals surface area contributed by atoms with Crippen molar-refractivity contribution in [1.29, 1.82) is 0 Å². The number of nitrogens with one attached hydrogen (secondary N) is 1. The molecule has 4 nitrogen and oxygen atoms in total. The average molecular weight is 335 g/mol. The number of benzene rings is 2. The zero-order valence-corrected chi connectivity index (χ0v) is 14.2. The van der Waals surface area contributed by atoms with E-state index in [-0.39, 0.29) is 30.3 Å². The van der Waals surface area contributed by atoms with Gasteiger partial charge in [0.25, 0.3) is 0 Å². The highest BCUT2D eigenvalue weighted by Gasteiger charge is 2.22. The molecular weight excluding hydrogens is 312 g/mol. The molecule has 5 heteroatoms.